The average Bonchev–Trinajstić information content (AvgIpc) is 2.59. The standard InChI is InChI=1S/C12H7BrNS.Lr/c1-7-14-12-9-5-3-2-4-8(9)10(13)6-11(12)15-7;/h2-4,6H,1H3;/q-1;. The van der Waals surface area contributed by atoms with Gasteiger partial charge in [0.25, 0.3) is 0 Å². The molecule has 1 radical (unpaired) electrons. The zero-order valence-corrected chi connectivity index (χ0v) is 12.9. The molecule has 3 aromatic rings. The number of rotatable bonds is 0. The molecule has 89 valence electrons. The smallest absolute Gasteiger partial charge is 0.0787 e. The Bertz CT molecular complexity index is 662. The molecule has 1 nitrogen and oxygen atoms in total. The molecule has 1 heterocycles. The van der Waals surface area contributed by atoms with Crippen LogP contribution in [-0.4, -0.2) is 4.98 Å². The predicted molar refractivity (Wildman–Crippen MR) is 68.4 cm³/mol. The van der Waals surface area contributed by atoms with Crippen LogP contribution < -0.4 is 0 Å². The minimum atomic E-state index is 0. The van der Waals surface area contributed by atoms with Crippen LogP contribution in [0.15, 0.2) is 28.7 Å². The zero-order chi connectivity index (χ0) is 10.4. The summed E-state index contributed by atoms with van der Waals surface area (Å²) in [5.41, 5.74) is 1.07. The summed E-state index contributed by atoms with van der Waals surface area (Å²) in [6, 6.07) is 11.4. The zero-order valence-electron chi connectivity index (χ0n) is 8.30. The van der Waals surface area contributed by atoms with E-state index in [2.05, 4.69) is 39.1 Å². The third-order valence-corrected chi connectivity index (χ3v) is 3.94. The molecule has 0 unspecified atom stereocenters. The quantitative estimate of drug-likeness (QED) is 0.388. The van der Waals surface area contributed by atoms with Crippen molar-refractivity contribution < 1.29 is 0 Å². The van der Waals surface area contributed by atoms with Crippen LogP contribution in [0.1, 0.15) is 5.01 Å². The molecule has 0 aliphatic heterocycles. The third-order valence-electron chi connectivity index (χ3n) is 2.37. The molecular formula is C12H7BrLrNS-. The van der Waals surface area contributed by atoms with Gasteiger partial charge in [-0.3, -0.25) is 4.98 Å². The van der Waals surface area contributed by atoms with Gasteiger partial charge in [0, 0.05) is 10.2 Å². The fourth-order valence-corrected chi connectivity index (χ4v) is 3.33. The number of hydrogen-bond acceptors (Lipinski definition) is 2. The van der Waals surface area contributed by atoms with E-state index in [1.807, 2.05) is 19.1 Å². The van der Waals surface area contributed by atoms with Gasteiger partial charge in [0.1, 0.15) is 0 Å². The van der Waals surface area contributed by atoms with Gasteiger partial charge in [-0.05, 0) is 17.5 Å². The van der Waals surface area contributed by atoms with Crippen LogP contribution in [0, 0.1) is 13.0 Å². The van der Waals surface area contributed by atoms with Gasteiger partial charge in [-0.15, -0.1) is 41.0 Å². The SMILES string of the molecule is Cc1nc2c(cc(Br)c3ccc[c-]c32)s1.[Lr]. The van der Waals surface area contributed by atoms with Gasteiger partial charge in [0.2, 0.25) is 0 Å². The number of halogens is 1. The van der Waals surface area contributed by atoms with Gasteiger partial charge in [-0.2, -0.15) is 0 Å². The maximum absolute atomic E-state index is 4.55. The van der Waals surface area contributed by atoms with Crippen molar-refractivity contribution in [2.45, 2.75) is 6.92 Å². The second kappa shape index (κ2) is 3.58. The normalized spacial score (nSPS) is 10.6. The summed E-state index contributed by atoms with van der Waals surface area (Å²) in [7, 11) is 0. The number of fused-ring (bicyclic) bond motifs is 3. The van der Waals surface area contributed by atoms with Gasteiger partial charge in [-0.1, -0.05) is 21.3 Å². The van der Waals surface area contributed by atoms with Crippen molar-refractivity contribution in [3.05, 3.63) is 39.8 Å². The number of hydrogen-bond donors (Lipinski definition) is 0. The molecule has 0 N–H and O–H groups in total. The van der Waals surface area contributed by atoms with Gasteiger partial charge in [-0.25, -0.2) is 0 Å². The molecular weight excluding hydrogens is 532 g/mol. The summed E-state index contributed by atoms with van der Waals surface area (Å²) in [6.45, 7) is 2.04. The minimum Gasteiger partial charge on any atom is -0.290 e. The molecule has 0 saturated carbocycles. The van der Waals surface area contributed by atoms with Crippen LogP contribution in [0.4, 0.5) is 0 Å². The first-order valence-electron chi connectivity index (χ1n) is 4.62. The van der Waals surface area contributed by atoms with E-state index in [0.29, 0.717) is 0 Å². The molecule has 16 heavy (non-hydrogen) atoms. The molecule has 0 spiro atoms. The summed E-state index contributed by atoms with van der Waals surface area (Å²) in [6.07, 6.45) is 0. The summed E-state index contributed by atoms with van der Waals surface area (Å²) < 4.78 is 2.33. The number of aromatic nitrogens is 1. The maximum atomic E-state index is 4.55. The first-order chi connectivity index (χ1) is 7.25. The van der Waals surface area contributed by atoms with E-state index in [-0.39, 0.29) is 0 Å². The van der Waals surface area contributed by atoms with Gasteiger partial charge >= 0.3 is 0 Å². The second-order valence-corrected chi connectivity index (χ2v) is 5.49. The molecule has 0 fully saturated rings. The topological polar surface area (TPSA) is 12.9 Å². The van der Waals surface area contributed by atoms with Crippen molar-refractivity contribution in [1.29, 1.82) is 0 Å². The molecule has 0 aliphatic carbocycles. The van der Waals surface area contributed by atoms with Crippen molar-refractivity contribution in [3.8, 4) is 0 Å². The Balaban J connectivity index is 0.000000963. The molecule has 0 bridgehead atoms. The minimum absolute atomic E-state index is 0. The summed E-state index contributed by atoms with van der Waals surface area (Å²) >= 11 is 5.31. The number of thiazole rings is 1. The molecule has 0 amide bonds. The molecule has 0 atom stereocenters. The van der Waals surface area contributed by atoms with Crippen LogP contribution in [0.5, 0.6) is 0 Å². The predicted octanol–water partition coefficient (Wildman–Crippen LogP) is 4.32. The second-order valence-electron chi connectivity index (χ2n) is 3.40. The van der Waals surface area contributed by atoms with Crippen LogP contribution in [0.25, 0.3) is 21.0 Å². The first kappa shape index (κ1) is 10.6. The molecule has 1 aromatic heterocycles. The van der Waals surface area contributed by atoms with Crippen molar-refractivity contribution in [3.63, 3.8) is 0 Å². The Labute approximate surface area is 99.9 Å². The van der Waals surface area contributed by atoms with E-state index in [1.54, 1.807) is 11.3 Å². The van der Waals surface area contributed by atoms with Gasteiger partial charge in [0.05, 0.1) is 5.01 Å². The van der Waals surface area contributed by atoms with Crippen molar-refractivity contribution in [1.82, 2.24) is 4.98 Å². The molecule has 0 saturated heterocycles. The largest absolute Gasteiger partial charge is 0.290 e. The fourth-order valence-electron chi connectivity index (χ4n) is 1.74. The van der Waals surface area contributed by atoms with E-state index in [4.69, 9.17) is 0 Å². The van der Waals surface area contributed by atoms with E-state index in [9.17, 15) is 0 Å². The van der Waals surface area contributed by atoms with Crippen molar-refractivity contribution in [2.75, 3.05) is 0 Å². The third kappa shape index (κ3) is 1.35. The summed E-state index contributed by atoms with van der Waals surface area (Å²) in [5.74, 6) is 0. The molecule has 4 heteroatoms. The molecule has 2 aromatic carbocycles. The number of nitrogens with zero attached hydrogens (tertiary/aromatic N) is 1. The van der Waals surface area contributed by atoms with E-state index < -0.39 is 0 Å². The van der Waals surface area contributed by atoms with Crippen LogP contribution in [-0.2, 0) is 0 Å². The summed E-state index contributed by atoms with van der Waals surface area (Å²) in [4.78, 5) is 4.55. The van der Waals surface area contributed by atoms with Gasteiger partial charge in [0.15, 0.2) is 0 Å². The number of aryl methyl sites for hydroxylation is 1. The Morgan fingerprint density at radius 2 is 2.25 bits per heavy atom. The van der Waals surface area contributed by atoms with Gasteiger partial charge < -0.3 is 0 Å². The average molecular weight is 539 g/mol. The van der Waals surface area contributed by atoms with Crippen LogP contribution >= 0.6 is 27.3 Å². The molecule has 0 aliphatic rings. The van der Waals surface area contributed by atoms with E-state index >= 15 is 0 Å². The van der Waals surface area contributed by atoms with Crippen molar-refractivity contribution in [2.24, 2.45) is 0 Å². The molecule has 3 rings (SSSR count). The van der Waals surface area contributed by atoms with E-state index in [1.165, 1.54) is 10.1 Å². The Hall–Kier alpha value is -1.93. The van der Waals surface area contributed by atoms with E-state index in [0.717, 1.165) is 20.4 Å². The number of benzene rings is 2. The fraction of sp³-hybridized carbons (Fsp3) is 0.0833. The Kier molecular flexibility index (Phi) is 2.37. The van der Waals surface area contributed by atoms with Crippen LogP contribution in [0.2, 0.25) is 0 Å². The van der Waals surface area contributed by atoms with Crippen molar-refractivity contribution >= 4 is 48.3 Å². The first-order valence-corrected chi connectivity index (χ1v) is 6.23. The maximum Gasteiger partial charge on any atom is 0.0787 e. The Morgan fingerprint density at radius 3 is 3.06 bits per heavy atom. The van der Waals surface area contributed by atoms with Crippen LogP contribution in [0.3, 0.4) is 0 Å². The summed E-state index contributed by atoms with van der Waals surface area (Å²) in [5, 5.41) is 3.38. The monoisotopic (exact) mass is 538 g/mol. The Morgan fingerprint density at radius 1 is 1.44 bits per heavy atom.